The third-order valence-electron chi connectivity index (χ3n) is 11.0. The van der Waals surface area contributed by atoms with Crippen molar-refractivity contribution in [3.05, 3.63) is 0 Å². The molecule has 3 unspecified atom stereocenters. The Morgan fingerprint density at radius 3 is 2.48 bits per heavy atom. The Morgan fingerprint density at radius 2 is 1.76 bits per heavy atom. The van der Waals surface area contributed by atoms with Gasteiger partial charge >= 0.3 is 5.97 Å². The predicted octanol–water partition coefficient (Wildman–Crippen LogP) is 3.45. The zero-order valence-corrected chi connectivity index (χ0v) is 20.8. The second-order valence-corrected chi connectivity index (χ2v) is 12.3. The fourth-order valence-electron chi connectivity index (χ4n) is 9.36. The van der Waals surface area contributed by atoms with Crippen LogP contribution in [0.4, 0.5) is 0 Å². The molecule has 1 saturated heterocycles. The number of aliphatic hydroxyl groups excluding tert-OH is 1. The fourth-order valence-corrected chi connectivity index (χ4v) is 9.36. The molecular formula is C27H43NO5. The largest absolute Gasteiger partial charge is 0.458 e. The molecule has 186 valence electrons. The topological polar surface area (TPSA) is 76.1 Å². The number of morpholine rings is 1. The number of nitrogens with zero attached hydrogens (tertiary/aromatic N) is 1. The molecule has 0 radical (unpaired) electrons. The molecule has 4 aliphatic carbocycles. The molecule has 0 spiro atoms. The van der Waals surface area contributed by atoms with E-state index in [2.05, 4.69) is 18.7 Å². The molecule has 0 aromatic rings. The van der Waals surface area contributed by atoms with Gasteiger partial charge in [-0.1, -0.05) is 13.8 Å². The van der Waals surface area contributed by atoms with Crippen molar-refractivity contribution < 1.29 is 24.2 Å². The minimum absolute atomic E-state index is 0.0302. The van der Waals surface area contributed by atoms with Crippen LogP contribution in [0.1, 0.15) is 72.1 Å². The SMILES string of the molecule is CC(=O)OCC(=O)[C@H]1CC[C@H]2[C@@H]3CCC4CC(O)C(N5CCOCC5)C[C@]4(C)[C@H]3CC[C@]12C. The number of ether oxygens (including phenoxy) is 2. The molecule has 5 fully saturated rings. The fraction of sp³-hybridized carbons (Fsp3) is 0.926. The van der Waals surface area contributed by atoms with Crippen molar-refractivity contribution in [2.24, 2.45) is 40.4 Å². The van der Waals surface area contributed by atoms with Gasteiger partial charge in [0.2, 0.25) is 0 Å². The van der Waals surface area contributed by atoms with Gasteiger partial charge < -0.3 is 14.6 Å². The van der Waals surface area contributed by atoms with E-state index in [0.29, 0.717) is 23.7 Å². The van der Waals surface area contributed by atoms with Crippen LogP contribution in [-0.4, -0.2) is 66.8 Å². The lowest BCUT2D eigenvalue weighted by atomic mass is 9.44. The van der Waals surface area contributed by atoms with Gasteiger partial charge in [-0.15, -0.1) is 0 Å². The van der Waals surface area contributed by atoms with Crippen molar-refractivity contribution >= 4 is 11.8 Å². The molecular weight excluding hydrogens is 418 g/mol. The Balaban J connectivity index is 1.34. The van der Waals surface area contributed by atoms with E-state index in [-0.39, 0.29) is 47.3 Å². The predicted molar refractivity (Wildman–Crippen MR) is 124 cm³/mol. The quantitative estimate of drug-likeness (QED) is 0.647. The van der Waals surface area contributed by atoms with E-state index in [1.54, 1.807) is 0 Å². The first-order chi connectivity index (χ1) is 15.7. The summed E-state index contributed by atoms with van der Waals surface area (Å²) in [7, 11) is 0. The van der Waals surface area contributed by atoms with Gasteiger partial charge in [0.1, 0.15) is 6.61 Å². The Kier molecular flexibility index (Phi) is 6.41. The molecule has 1 aliphatic heterocycles. The maximum absolute atomic E-state index is 13.0. The second kappa shape index (κ2) is 8.91. The molecule has 4 saturated carbocycles. The Hall–Kier alpha value is -0.980. The summed E-state index contributed by atoms with van der Waals surface area (Å²) in [6.07, 6.45) is 8.63. The summed E-state index contributed by atoms with van der Waals surface area (Å²) in [5, 5.41) is 11.1. The molecule has 9 atom stereocenters. The molecule has 6 nitrogen and oxygen atoms in total. The lowest BCUT2D eigenvalue weighted by molar-refractivity contribution is -0.159. The first kappa shape index (κ1) is 23.7. The standard InChI is InChI=1S/C27H43NO5/c1-17(29)33-16-25(31)22-7-6-20-19-5-4-18-14-24(30)23(28-10-12-32-13-11-28)15-27(18,3)21(19)8-9-26(20,22)2/h18-24,30H,4-16H2,1-3H3/t18?,19-,20-,21-,22+,23?,24?,26-,27-/m0/s1. The summed E-state index contributed by atoms with van der Waals surface area (Å²) in [5.74, 6) is 2.36. The van der Waals surface area contributed by atoms with E-state index < -0.39 is 0 Å². The van der Waals surface area contributed by atoms with Crippen LogP contribution in [0.2, 0.25) is 0 Å². The highest BCUT2D eigenvalue weighted by molar-refractivity contribution is 5.85. The molecule has 5 aliphatic rings. The molecule has 1 heterocycles. The zero-order chi connectivity index (χ0) is 23.4. The maximum Gasteiger partial charge on any atom is 0.303 e. The number of ketones is 1. The number of esters is 1. The Bertz CT molecular complexity index is 766. The number of Topliss-reactive ketones (excluding diaryl/α,β-unsaturated/α-hetero) is 1. The van der Waals surface area contributed by atoms with E-state index in [9.17, 15) is 14.7 Å². The molecule has 0 aromatic carbocycles. The van der Waals surface area contributed by atoms with E-state index >= 15 is 0 Å². The lowest BCUT2D eigenvalue weighted by Gasteiger charge is -2.62. The van der Waals surface area contributed by atoms with Crippen molar-refractivity contribution in [2.75, 3.05) is 32.9 Å². The summed E-state index contributed by atoms with van der Waals surface area (Å²) in [6.45, 7) is 9.63. The summed E-state index contributed by atoms with van der Waals surface area (Å²) in [4.78, 5) is 26.7. The summed E-state index contributed by atoms with van der Waals surface area (Å²) >= 11 is 0. The van der Waals surface area contributed by atoms with E-state index in [4.69, 9.17) is 9.47 Å². The van der Waals surface area contributed by atoms with Crippen molar-refractivity contribution in [1.82, 2.24) is 4.90 Å². The number of fused-ring (bicyclic) bond motifs is 5. The summed E-state index contributed by atoms with van der Waals surface area (Å²) in [5.41, 5.74) is 0.311. The smallest absolute Gasteiger partial charge is 0.303 e. The normalized spacial score (nSPS) is 47.8. The van der Waals surface area contributed by atoms with Crippen LogP contribution in [0.15, 0.2) is 0 Å². The Morgan fingerprint density at radius 1 is 1.03 bits per heavy atom. The third-order valence-corrected chi connectivity index (χ3v) is 11.0. The summed E-state index contributed by atoms with van der Waals surface area (Å²) < 4.78 is 10.7. The van der Waals surface area contributed by atoms with E-state index in [0.717, 1.165) is 58.4 Å². The molecule has 33 heavy (non-hydrogen) atoms. The highest BCUT2D eigenvalue weighted by atomic mass is 16.5. The van der Waals surface area contributed by atoms with Crippen molar-refractivity contribution in [3.8, 4) is 0 Å². The summed E-state index contributed by atoms with van der Waals surface area (Å²) in [6, 6.07) is 0.254. The number of carbonyl (C=O) groups is 2. The lowest BCUT2D eigenvalue weighted by Crippen LogP contribution is -2.60. The van der Waals surface area contributed by atoms with Crippen molar-refractivity contribution in [1.29, 1.82) is 0 Å². The zero-order valence-electron chi connectivity index (χ0n) is 20.8. The molecule has 0 amide bonds. The molecule has 1 N–H and O–H groups in total. The second-order valence-electron chi connectivity index (χ2n) is 12.3. The van der Waals surface area contributed by atoms with Crippen LogP contribution in [0, 0.1) is 40.4 Å². The van der Waals surface area contributed by atoms with E-state index in [1.807, 2.05) is 0 Å². The number of rotatable bonds is 4. The van der Waals surface area contributed by atoms with Crippen LogP contribution in [0.25, 0.3) is 0 Å². The molecule has 6 heteroatoms. The van der Waals surface area contributed by atoms with Gasteiger partial charge in [-0.3, -0.25) is 14.5 Å². The van der Waals surface area contributed by atoms with Gasteiger partial charge in [-0.25, -0.2) is 0 Å². The molecule has 5 rings (SSSR count). The average molecular weight is 462 g/mol. The molecule has 0 bridgehead atoms. The van der Waals surface area contributed by atoms with Gasteiger partial charge in [0.25, 0.3) is 0 Å². The Labute approximate surface area is 198 Å². The van der Waals surface area contributed by atoms with Gasteiger partial charge in [0.15, 0.2) is 5.78 Å². The van der Waals surface area contributed by atoms with Crippen molar-refractivity contribution in [2.45, 2.75) is 84.3 Å². The monoisotopic (exact) mass is 461 g/mol. The highest BCUT2D eigenvalue weighted by Crippen LogP contribution is 2.67. The average Bonchev–Trinajstić information content (AvgIpc) is 3.15. The van der Waals surface area contributed by atoms with Gasteiger partial charge in [-0.2, -0.15) is 0 Å². The van der Waals surface area contributed by atoms with Crippen LogP contribution in [-0.2, 0) is 19.1 Å². The van der Waals surface area contributed by atoms with Crippen LogP contribution >= 0.6 is 0 Å². The van der Waals surface area contributed by atoms with Gasteiger partial charge in [0, 0.05) is 32.0 Å². The van der Waals surface area contributed by atoms with E-state index in [1.165, 1.54) is 26.2 Å². The van der Waals surface area contributed by atoms with Crippen molar-refractivity contribution in [3.63, 3.8) is 0 Å². The van der Waals surface area contributed by atoms with Crippen LogP contribution in [0.3, 0.4) is 0 Å². The highest BCUT2D eigenvalue weighted by Gasteiger charge is 2.62. The number of carbonyl (C=O) groups excluding carboxylic acids is 2. The maximum atomic E-state index is 13.0. The minimum Gasteiger partial charge on any atom is -0.458 e. The van der Waals surface area contributed by atoms with Crippen LogP contribution in [0.5, 0.6) is 0 Å². The first-order valence-electron chi connectivity index (χ1n) is 13.4. The molecule has 0 aromatic heterocycles. The number of hydrogen-bond donors (Lipinski definition) is 1. The number of aliphatic hydroxyl groups is 1. The first-order valence-corrected chi connectivity index (χ1v) is 13.4. The third kappa shape index (κ3) is 3.98. The van der Waals surface area contributed by atoms with Crippen LogP contribution < -0.4 is 0 Å². The van der Waals surface area contributed by atoms with Gasteiger partial charge in [0.05, 0.1) is 19.3 Å². The number of hydrogen-bond acceptors (Lipinski definition) is 6. The van der Waals surface area contributed by atoms with Gasteiger partial charge in [-0.05, 0) is 85.9 Å². The minimum atomic E-state index is -0.368.